The Morgan fingerprint density at radius 3 is 2.94 bits per heavy atom. The average molecular weight is 243 g/mol. The van der Waals surface area contributed by atoms with Crippen LogP contribution in [0.3, 0.4) is 0 Å². The smallest absolute Gasteiger partial charge is 0.157 e. The zero-order valence-electron chi connectivity index (χ0n) is 9.40. The number of hydrogen-bond acceptors (Lipinski definition) is 5. The Balaban J connectivity index is 2.39. The maximum atomic E-state index is 5.90. The largest absolute Gasteiger partial charge is 0.393 e. The van der Waals surface area contributed by atoms with Gasteiger partial charge in [-0.1, -0.05) is 11.6 Å². The second-order valence-corrected chi connectivity index (χ2v) is 4.78. The number of morpholine rings is 1. The summed E-state index contributed by atoms with van der Waals surface area (Å²) in [6.45, 7) is 6.24. The molecular formula is C10H15ClN4O. The molecule has 1 aliphatic rings. The van der Waals surface area contributed by atoms with E-state index in [2.05, 4.69) is 28.7 Å². The summed E-state index contributed by atoms with van der Waals surface area (Å²) in [5.74, 6) is 0.688. The summed E-state index contributed by atoms with van der Waals surface area (Å²) in [5, 5.41) is 0.298. The third kappa shape index (κ3) is 1.92. The van der Waals surface area contributed by atoms with Crippen LogP contribution in [0.1, 0.15) is 13.8 Å². The third-order valence-corrected chi connectivity index (χ3v) is 3.02. The maximum Gasteiger partial charge on any atom is 0.157 e. The number of nitrogen functional groups attached to an aromatic ring is 1. The van der Waals surface area contributed by atoms with Crippen LogP contribution in [0.15, 0.2) is 6.33 Å². The molecule has 2 N–H and O–H groups in total. The molecular weight excluding hydrogens is 228 g/mol. The van der Waals surface area contributed by atoms with Gasteiger partial charge in [-0.15, -0.1) is 0 Å². The van der Waals surface area contributed by atoms with Crippen molar-refractivity contribution in [3.05, 3.63) is 11.5 Å². The van der Waals surface area contributed by atoms with E-state index < -0.39 is 0 Å². The summed E-state index contributed by atoms with van der Waals surface area (Å²) in [6, 6.07) is 0. The Morgan fingerprint density at radius 2 is 2.25 bits per heavy atom. The molecule has 88 valence electrons. The Labute approximate surface area is 99.6 Å². The molecule has 2 rings (SSSR count). The van der Waals surface area contributed by atoms with Crippen LogP contribution >= 0.6 is 11.6 Å². The van der Waals surface area contributed by atoms with Gasteiger partial charge in [0.1, 0.15) is 12.0 Å². The van der Waals surface area contributed by atoms with Crippen molar-refractivity contribution < 1.29 is 4.74 Å². The fraction of sp³-hybridized carbons (Fsp3) is 0.600. The molecule has 1 saturated heterocycles. The summed E-state index contributed by atoms with van der Waals surface area (Å²) in [4.78, 5) is 10.2. The molecule has 0 bridgehead atoms. The van der Waals surface area contributed by atoms with Gasteiger partial charge in [-0.3, -0.25) is 0 Å². The molecule has 0 amide bonds. The number of ether oxygens (including phenoxy) is 1. The fourth-order valence-electron chi connectivity index (χ4n) is 1.83. The van der Waals surface area contributed by atoms with Crippen molar-refractivity contribution in [1.29, 1.82) is 0 Å². The molecule has 2 heterocycles. The highest BCUT2D eigenvalue weighted by Crippen LogP contribution is 2.32. The van der Waals surface area contributed by atoms with Crippen LogP contribution in [0.5, 0.6) is 0 Å². The molecule has 1 aromatic heterocycles. The van der Waals surface area contributed by atoms with E-state index >= 15 is 0 Å². The second-order valence-electron chi connectivity index (χ2n) is 4.42. The number of nitrogens with two attached hydrogens (primary N) is 1. The van der Waals surface area contributed by atoms with Crippen LogP contribution in [-0.2, 0) is 4.74 Å². The monoisotopic (exact) mass is 242 g/mol. The summed E-state index contributed by atoms with van der Waals surface area (Å²) in [7, 11) is 0. The summed E-state index contributed by atoms with van der Waals surface area (Å²) in [6.07, 6.45) is 1.43. The first-order valence-corrected chi connectivity index (χ1v) is 5.51. The van der Waals surface area contributed by atoms with Crippen LogP contribution < -0.4 is 10.6 Å². The van der Waals surface area contributed by atoms with Crippen LogP contribution in [0.2, 0.25) is 5.15 Å². The van der Waals surface area contributed by atoms with Crippen molar-refractivity contribution in [3.63, 3.8) is 0 Å². The highest BCUT2D eigenvalue weighted by atomic mass is 35.5. The molecule has 5 nitrogen and oxygen atoms in total. The number of aromatic nitrogens is 2. The van der Waals surface area contributed by atoms with Gasteiger partial charge >= 0.3 is 0 Å². The minimum absolute atomic E-state index is 0.135. The van der Waals surface area contributed by atoms with Gasteiger partial charge in [-0.05, 0) is 13.8 Å². The predicted octanol–water partition coefficient (Wildman–Crippen LogP) is 1.33. The van der Waals surface area contributed by atoms with Crippen molar-refractivity contribution in [1.82, 2.24) is 9.97 Å². The zero-order valence-corrected chi connectivity index (χ0v) is 10.2. The minimum atomic E-state index is -0.135. The lowest BCUT2D eigenvalue weighted by atomic mass is 10.0. The topological polar surface area (TPSA) is 64.3 Å². The van der Waals surface area contributed by atoms with Crippen molar-refractivity contribution >= 4 is 23.1 Å². The van der Waals surface area contributed by atoms with Crippen molar-refractivity contribution in [2.45, 2.75) is 19.4 Å². The SMILES string of the molecule is CC1(C)COCCN1c1ncnc(Cl)c1N. The molecule has 0 aliphatic carbocycles. The third-order valence-electron chi connectivity index (χ3n) is 2.72. The molecule has 1 aromatic rings. The van der Waals surface area contributed by atoms with Crippen LogP contribution in [0.4, 0.5) is 11.5 Å². The van der Waals surface area contributed by atoms with E-state index in [4.69, 9.17) is 22.1 Å². The lowest BCUT2D eigenvalue weighted by Gasteiger charge is -2.43. The Kier molecular flexibility index (Phi) is 2.90. The first-order valence-electron chi connectivity index (χ1n) is 5.14. The standard InChI is InChI=1S/C10H15ClN4O/c1-10(2)5-16-4-3-15(10)9-7(12)8(11)13-6-14-9/h6H,3-5,12H2,1-2H3. The summed E-state index contributed by atoms with van der Waals surface area (Å²) in [5.41, 5.74) is 6.19. The van der Waals surface area contributed by atoms with Gasteiger partial charge in [0.15, 0.2) is 11.0 Å². The molecule has 0 atom stereocenters. The van der Waals surface area contributed by atoms with E-state index in [0.29, 0.717) is 29.9 Å². The quantitative estimate of drug-likeness (QED) is 0.753. The van der Waals surface area contributed by atoms with Crippen molar-refractivity contribution in [2.75, 3.05) is 30.4 Å². The van der Waals surface area contributed by atoms with Crippen LogP contribution in [0.25, 0.3) is 0 Å². The van der Waals surface area contributed by atoms with Gasteiger partial charge in [-0.2, -0.15) is 0 Å². The van der Waals surface area contributed by atoms with E-state index in [1.54, 1.807) is 0 Å². The number of rotatable bonds is 1. The Hall–Kier alpha value is -1.07. The van der Waals surface area contributed by atoms with Gasteiger partial charge in [-0.25, -0.2) is 9.97 Å². The lowest BCUT2D eigenvalue weighted by Crippen LogP contribution is -2.53. The molecule has 0 spiro atoms. The van der Waals surface area contributed by atoms with E-state index in [9.17, 15) is 0 Å². The first-order chi connectivity index (χ1) is 7.52. The molecule has 0 unspecified atom stereocenters. The number of halogens is 1. The molecule has 1 fully saturated rings. The average Bonchev–Trinajstić information content (AvgIpc) is 2.22. The van der Waals surface area contributed by atoms with Crippen LogP contribution in [-0.4, -0.2) is 35.3 Å². The molecule has 0 saturated carbocycles. The van der Waals surface area contributed by atoms with E-state index in [0.717, 1.165) is 6.54 Å². The second kappa shape index (κ2) is 4.07. The summed E-state index contributed by atoms with van der Waals surface area (Å²) >= 11 is 5.89. The normalized spacial score (nSPS) is 19.8. The van der Waals surface area contributed by atoms with E-state index in [-0.39, 0.29) is 5.54 Å². The maximum absolute atomic E-state index is 5.90. The highest BCUT2D eigenvalue weighted by molar-refractivity contribution is 6.32. The molecule has 0 radical (unpaired) electrons. The van der Waals surface area contributed by atoms with Crippen molar-refractivity contribution in [2.24, 2.45) is 0 Å². The van der Waals surface area contributed by atoms with Gasteiger partial charge in [0.05, 0.1) is 18.8 Å². The Morgan fingerprint density at radius 1 is 1.50 bits per heavy atom. The van der Waals surface area contributed by atoms with Gasteiger partial charge in [0.25, 0.3) is 0 Å². The molecule has 6 heteroatoms. The van der Waals surface area contributed by atoms with Crippen molar-refractivity contribution in [3.8, 4) is 0 Å². The molecule has 16 heavy (non-hydrogen) atoms. The van der Waals surface area contributed by atoms with E-state index in [1.165, 1.54) is 6.33 Å². The van der Waals surface area contributed by atoms with Gasteiger partial charge in [0, 0.05) is 6.54 Å². The Bertz CT molecular complexity index is 396. The van der Waals surface area contributed by atoms with Gasteiger partial charge in [0.2, 0.25) is 0 Å². The van der Waals surface area contributed by atoms with Crippen LogP contribution in [0, 0.1) is 0 Å². The fourth-order valence-corrected chi connectivity index (χ4v) is 1.96. The lowest BCUT2D eigenvalue weighted by molar-refractivity contribution is 0.0640. The number of nitrogens with zero attached hydrogens (tertiary/aromatic N) is 3. The zero-order chi connectivity index (χ0) is 11.8. The molecule has 0 aromatic carbocycles. The number of hydrogen-bond donors (Lipinski definition) is 1. The number of anilines is 2. The van der Waals surface area contributed by atoms with Gasteiger partial charge < -0.3 is 15.4 Å². The van der Waals surface area contributed by atoms with E-state index in [1.807, 2.05) is 0 Å². The predicted molar refractivity (Wildman–Crippen MR) is 63.7 cm³/mol. The minimum Gasteiger partial charge on any atom is -0.393 e. The highest BCUT2D eigenvalue weighted by Gasteiger charge is 2.33. The summed E-state index contributed by atoms with van der Waals surface area (Å²) < 4.78 is 5.45. The molecule has 1 aliphatic heterocycles. The first kappa shape index (κ1) is 11.4.